The molecule has 1 heterocycles. The molecule has 0 unspecified atom stereocenters. The van der Waals surface area contributed by atoms with Crippen LogP contribution in [0, 0.1) is 5.82 Å². The third kappa shape index (κ3) is 1.77. The number of aromatic nitrogens is 2. The van der Waals surface area contributed by atoms with Crippen LogP contribution in [0.1, 0.15) is 6.92 Å². The predicted molar refractivity (Wildman–Crippen MR) is 53.6 cm³/mol. The van der Waals surface area contributed by atoms with Crippen LogP contribution >= 0.6 is 0 Å². The van der Waals surface area contributed by atoms with Crippen molar-refractivity contribution in [2.75, 3.05) is 0 Å². The van der Waals surface area contributed by atoms with E-state index in [0.717, 1.165) is 19.1 Å². The molecule has 0 saturated heterocycles. The van der Waals surface area contributed by atoms with Gasteiger partial charge in [0.25, 0.3) is 5.56 Å². The summed E-state index contributed by atoms with van der Waals surface area (Å²) in [6.07, 6.45) is 1.18. The summed E-state index contributed by atoms with van der Waals surface area (Å²) in [5.41, 5.74) is -0.212. The van der Waals surface area contributed by atoms with Gasteiger partial charge in [-0.2, -0.15) is 0 Å². The zero-order valence-corrected chi connectivity index (χ0v) is 8.28. The molecule has 5 nitrogen and oxygen atoms in total. The average Bonchev–Trinajstić information content (AvgIpc) is 2.20. The van der Waals surface area contributed by atoms with E-state index in [9.17, 15) is 14.0 Å². The Hall–Kier alpha value is -2.24. The average molecular weight is 222 g/mol. The molecule has 82 valence electrons. The highest BCUT2D eigenvalue weighted by atomic mass is 19.1. The Labute approximate surface area is 88.9 Å². The minimum atomic E-state index is -0.735. The fourth-order valence-corrected chi connectivity index (χ4v) is 1.30. The molecular formula is C10H7FN2O3. The highest BCUT2D eigenvalue weighted by molar-refractivity contribution is 5.80. The van der Waals surface area contributed by atoms with Crippen LogP contribution in [0.15, 0.2) is 23.3 Å². The molecule has 0 amide bonds. The first kappa shape index (κ1) is 10.3. The normalized spacial score (nSPS) is 10.4. The molecule has 1 aromatic heterocycles. The summed E-state index contributed by atoms with van der Waals surface area (Å²) in [6, 6.07) is 2.20. The lowest BCUT2D eigenvalue weighted by Gasteiger charge is -2.03. The molecule has 1 N–H and O–H groups in total. The van der Waals surface area contributed by atoms with Crippen LogP contribution in [0.3, 0.4) is 0 Å². The smallest absolute Gasteiger partial charge is 0.308 e. The maximum atomic E-state index is 13.4. The van der Waals surface area contributed by atoms with Crippen molar-refractivity contribution in [2.45, 2.75) is 6.92 Å². The highest BCUT2D eigenvalue weighted by Crippen LogP contribution is 2.21. The lowest BCUT2D eigenvalue weighted by atomic mass is 10.2. The zero-order valence-electron chi connectivity index (χ0n) is 8.28. The van der Waals surface area contributed by atoms with Gasteiger partial charge in [0.2, 0.25) is 0 Å². The first-order chi connectivity index (χ1) is 7.58. The van der Waals surface area contributed by atoms with Crippen LogP contribution in [0.2, 0.25) is 0 Å². The number of nitrogens with zero attached hydrogens (tertiary/aromatic N) is 1. The number of esters is 1. The SMILES string of the molecule is CC(=O)Oc1cc2c(=O)[nH]cnc2cc1F. The molecular weight excluding hydrogens is 215 g/mol. The van der Waals surface area contributed by atoms with Gasteiger partial charge in [0.1, 0.15) is 0 Å². The summed E-state index contributed by atoms with van der Waals surface area (Å²) in [7, 11) is 0. The van der Waals surface area contributed by atoms with Crippen LogP contribution < -0.4 is 10.3 Å². The van der Waals surface area contributed by atoms with E-state index in [0.29, 0.717) is 0 Å². The molecule has 16 heavy (non-hydrogen) atoms. The van der Waals surface area contributed by atoms with Gasteiger partial charge in [0.05, 0.1) is 17.2 Å². The summed E-state index contributed by atoms with van der Waals surface area (Å²) < 4.78 is 18.0. The number of aromatic amines is 1. The Morgan fingerprint density at radius 2 is 2.25 bits per heavy atom. The largest absolute Gasteiger partial charge is 0.424 e. The first-order valence-electron chi connectivity index (χ1n) is 4.43. The van der Waals surface area contributed by atoms with Crippen LogP contribution in [-0.2, 0) is 4.79 Å². The number of rotatable bonds is 1. The van der Waals surface area contributed by atoms with Gasteiger partial charge < -0.3 is 9.72 Å². The minimum absolute atomic E-state index is 0.167. The van der Waals surface area contributed by atoms with E-state index in [4.69, 9.17) is 0 Å². The van der Waals surface area contributed by atoms with Crippen molar-refractivity contribution < 1.29 is 13.9 Å². The van der Waals surface area contributed by atoms with E-state index < -0.39 is 17.3 Å². The standard InChI is InChI=1S/C10H7FN2O3/c1-5(14)16-9-2-6-8(3-7(9)11)12-4-13-10(6)15/h2-4H,1H3,(H,12,13,15). The molecule has 2 rings (SSSR count). The predicted octanol–water partition coefficient (Wildman–Crippen LogP) is 0.988. The number of carbonyl (C=O) groups is 1. The number of fused-ring (bicyclic) bond motifs is 1. The van der Waals surface area contributed by atoms with Crippen molar-refractivity contribution in [3.05, 3.63) is 34.6 Å². The molecule has 0 aliphatic rings. The molecule has 0 bridgehead atoms. The van der Waals surface area contributed by atoms with Crippen molar-refractivity contribution in [3.63, 3.8) is 0 Å². The molecule has 0 atom stereocenters. The van der Waals surface area contributed by atoms with Gasteiger partial charge in [0, 0.05) is 13.0 Å². The molecule has 0 radical (unpaired) electrons. The Bertz CT molecular complexity index is 621. The van der Waals surface area contributed by atoms with Gasteiger partial charge in [-0.3, -0.25) is 9.59 Å². The van der Waals surface area contributed by atoms with Crippen molar-refractivity contribution in [3.8, 4) is 5.75 Å². The number of carbonyl (C=O) groups excluding carboxylic acids is 1. The lowest BCUT2D eigenvalue weighted by molar-refractivity contribution is -0.132. The van der Waals surface area contributed by atoms with Crippen molar-refractivity contribution in [2.24, 2.45) is 0 Å². The second-order valence-electron chi connectivity index (χ2n) is 3.13. The molecule has 2 aromatic rings. The van der Waals surface area contributed by atoms with Crippen molar-refractivity contribution in [1.29, 1.82) is 0 Å². The van der Waals surface area contributed by atoms with Crippen molar-refractivity contribution in [1.82, 2.24) is 9.97 Å². The zero-order chi connectivity index (χ0) is 11.7. The Kier molecular flexibility index (Phi) is 2.40. The van der Waals surface area contributed by atoms with Crippen LogP contribution in [0.4, 0.5) is 4.39 Å². The summed E-state index contributed by atoms with van der Waals surface area (Å²) >= 11 is 0. The minimum Gasteiger partial charge on any atom is -0.424 e. The third-order valence-electron chi connectivity index (χ3n) is 1.95. The number of nitrogens with one attached hydrogen (secondary N) is 1. The Morgan fingerprint density at radius 1 is 1.50 bits per heavy atom. The summed E-state index contributed by atoms with van der Waals surface area (Å²) in [5, 5.41) is 0.167. The Balaban J connectivity index is 2.69. The van der Waals surface area contributed by atoms with Gasteiger partial charge in [0.15, 0.2) is 11.6 Å². The molecule has 0 saturated carbocycles. The number of benzene rings is 1. The van der Waals surface area contributed by atoms with Crippen LogP contribution in [0.25, 0.3) is 10.9 Å². The van der Waals surface area contributed by atoms with E-state index in [1.165, 1.54) is 6.33 Å². The Morgan fingerprint density at radius 3 is 2.94 bits per heavy atom. The summed E-state index contributed by atoms with van der Waals surface area (Å²) in [6.45, 7) is 1.15. The van der Waals surface area contributed by atoms with Crippen LogP contribution in [-0.4, -0.2) is 15.9 Å². The number of hydrogen-bond acceptors (Lipinski definition) is 4. The second kappa shape index (κ2) is 3.73. The maximum Gasteiger partial charge on any atom is 0.308 e. The van der Waals surface area contributed by atoms with E-state index in [1.54, 1.807) is 0 Å². The number of hydrogen-bond donors (Lipinski definition) is 1. The van der Waals surface area contributed by atoms with E-state index >= 15 is 0 Å². The van der Waals surface area contributed by atoms with E-state index in [-0.39, 0.29) is 16.7 Å². The van der Waals surface area contributed by atoms with Crippen molar-refractivity contribution >= 4 is 16.9 Å². The second-order valence-corrected chi connectivity index (χ2v) is 3.13. The maximum absolute atomic E-state index is 13.4. The number of ether oxygens (including phenoxy) is 1. The molecule has 6 heteroatoms. The highest BCUT2D eigenvalue weighted by Gasteiger charge is 2.10. The van der Waals surface area contributed by atoms with E-state index in [1.807, 2.05) is 0 Å². The fraction of sp³-hybridized carbons (Fsp3) is 0.100. The molecule has 0 aliphatic carbocycles. The van der Waals surface area contributed by atoms with E-state index in [2.05, 4.69) is 14.7 Å². The summed E-state index contributed by atoms with van der Waals surface area (Å²) in [4.78, 5) is 28.2. The number of halogens is 1. The lowest BCUT2D eigenvalue weighted by Crippen LogP contribution is -2.08. The van der Waals surface area contributed by atoms with Gasteiger partial charge in [-0.1, -0.05) is 0 Å². The molecule has 0 fully saturated rings. The monoisotopic (exact) mass is 222 g/mol. The molecule has 1 aromatic carbocycles. The first-order valence-corrected chi connectivity index (χ1v) is 4.43. The fourth-order valence-electron chi connectivity index (χ4n) is 1.30. The van der Waals surface area contributed by atoms with Gasteiger partial charge >= 0.3 is 5.97 Å². The van der Waals surface area contributed by atoms with Gasteiger partial charge in [-0.25, -0.2) is 9.37 Å². The summed E-state index contributed by atoms with van der Waals surface area (Å²) in [5.74, 6) is -1.67. The molecule has 0 spiro atoms. The quantitative estimate of drug-likeness (QED) is 0.576. The number of H-pyrrole nitrogens is 1. The van der Waals surface area contributed by atoms with Crippen LogP contribution in [0.5, 0.6) is 5.75 Å². The third-order valence-corrected chi connectivity index (χ3v) is 1.95. The molecule has 0 aliphatic heterocycles. The van der Waals surface area contributed by atoms with Gasteiger partial charge in [-0.15, -0.1) is 0 Å². The van der Waals surface area contributed by atoms with Gasteiger partial charge in [-0.05, 0) is 6.07 Å². The topological polar surface area (TPSA) is 72.1 Å².